The summed E-state index contributed by atoms with van der Waals surface area (Å²) >= 11 is 0. The molecule has 0 aromatic rings. The molecule has 1 atom stereocenters. The van der Waals surface area contributed by atoms with Gasteiger partial charge in [-0.25, -0.2) is 4.89 Å². The van der Waals surface area contributed by atoms with E-state index in [1.807, 2.05) is 6.92 Å². The molecule has 0 spiro atoms. The molecule has 0 amide bonds. The molecule has 0 saturated carbocycles. The standard InChI is InChI=1S/C14H30O2/c1-3-4-5-6-7-8-9-10-11-12-13-14(2)16-15/h14-15H,3-13H2,1-2H3. The van der Waals surface area contributed by atoms with Crippen molar-refractivity contribution in [1.82, 2.24) is 0 Å². The van der Waals surface area contributed by atoms with Crippen LogP contribution in [0.15, 0.2) is 0 Å². The predicted octanol–water partition coefficient (Wildman–Crippen LogP) is 5.18. The molecule has 2 nitrogen and oxygen atoms in total. The Hall–Kier alpha value is -0.0800. The monoisotopic (exact) mass is 230 g/mol. The van der Waals surface area contributed by atoms with Crippen LogP contribution in [0.25, 0.3) is 0 Å². The second-order valence-corrected chi connectivity index (χ2v) is 4.89. The Kier molecular flexibility index (Phi) is 12.9. The summed E-state index contributed by atoms with van der Waals surface area (Å²) in [6.45, 7) is 4.17. The Morgan fingerprint density at radius 2 is 1.25 bits per heavy atom. The minimum atomic E-state index is 0.00837. The second kappa shape index (κ2) is 13.0. The van der Waals surface area contributed by atoms with Gasteiger partial charge < -0.3 is 0 Å². The van der Waals surface area contributed by atoms with Crippen LogP contribution in [0.3, 0.4) is 0 Å². The van der Waals surface area contributed by atoms with E-state index >= 15 is 0 Å². The van der Waals surface area contributed by atoms with E-state index in [0.717, 1.165) is 6.42 Å². The Morgan fingerprint density at radius 3 is 1.69 bits per heavy atom. The van der Waals surface area contributed by atoms with Crippen molar-refractivity contribution in [3.63, 3.8) is 0 Å². The smallest absolute Gasteiger partial charge is 0.0899 e. The van der Waals surface area contributed by atoms with E-state index < -0.39 is 0 Å². The van der Waals surface area contributed by atoms with Gasteiger partial charge in [0.05, 0.1) is 6.10 Å². The molecule has 0 radical (unpaired) electrons. The fourth-order valence-corrected chi connectivity index (χ4v) is 1.97. The molecule has 16 heavy (non-hydrogen) atoms. The molecule has 1 unspecified atom stereocenters. The molecule has 0 aromatic carbocycles. The Bertz CT molecular complexity index is 126. The maximum Gasteiger partial charge on any atom is 0.0899 e. The van der Waals surface area contributed by atoms with Crippen molar-refractivity contribution in [2.75, 3.05) is 0 Å². The van der Waals surface area contributed by atoms with Crippen LogP contribution in [0, 0.1) is 0 Å². The zero-order chi connectivity index (χ0) is 12.1. The van der Waals surface area contributed by atoms with Gasteiger partial charge in [0.1, 0.15) is 0 Å². The molecule has 0 bridgehead atoms. The number of unbranched alkanes of at least 4 members (excludes halogenated alkanes) is 9. The van der Waals surface area contributed by atoms with Crippen molar-refractivity contribution in [3.05, 3.63) is 0 Å². The molecule has 0 fully saturated rings. The van der Waals surface area contributed by atoms with Crippen LogP contribution in [0.2, 0.25) is 0 Å². The number of hydrogen-bond acceptors (Lipinski definition) is 2. The molecule has 98 valence electrons. The van der Waals surface area contributed by atoms with Crippen LogP contribution in [0.1, 0.15) is 84.5 Å². The highest BCUT2D eigenvalue weighted by molar-refractivity contribution is 4.51. The van der Waals surface area contributed by atoms with E-state index in [1.165, 1.54) is 64.2 Å². The summed E-state index contributed by atoms with van der Waals surface area (Å²) in [6.07, 6.45) is 14.6. The minimum Gasteiger partial charge on any atom is -0.252 e. The summed E-state index contributed by atoms with van der Waals surface area (Å²) in [5.74, 6) is 0. The molecule has 0 saturated heterocycles. The van der Waals surface area contributed by atoms with E-state index in [-0.39, 0.29) is 6.10 Å². The van der Waals surface area contributed by atoms with Crippen molar-refractivity contribution in [1.29, 1.82) is 0 Å². The van der Waals surface area contributed by atoms with E-state index in [9.17, 15) is 0 Å². The molecule has 2 heteroatoms. The molecule has 0 aliphatic heterocycles. The van der Waals surface area contributed by atoms with Gasteiger partial charge in [-0.1, -0.05) is 71.1 Å². The summed E-state index contributed by atoms with van der Waals surface area (Å²) in [5, 5.41) is 8.38. The molecular weight excluding hydrogens is 200 g/mol. The molecule has 1 N–H and O–H groups in total. The highest BCUT2D eigenvalue weighted by atomic mass is 17.1. The van der Waals surface area contributed by atoms with Crippen LogP contribution in [0.4, 0.5) is 0 Å². The topological polar surface area (TPSA) is 29.5 Å². The summed E-state index contributed by atoms with van der Waals surface area (Å²) < 4.78 is 0. The zero-order valence-electron chi connectivity index (χ0n) is 11.2. The third kappa shape index (κ3) is 12.0. The molecular formula is C14H30O2. The lowest BCUT2D eigenvalue weighted by atomic mass is 10.1. The third-order valence-corrected chi connectivity index (χ3v) is 3.14. The first kappa shape index (κ1) is 15.9. The lowest BCUT2D eigenvalue weighted by molar-refractivity contribution is -0.275. The van der Waals surface area contributed by atoms with Crippen LogP contribution < -0.4 is 0 Å². The van der Waals surface area contributed by atoms with E-state index in [2.05, 4.69) is 11.8 Å². The Balaban J connectivity index is 2.93. The number of rotatable bonds is 12. The summed E-state index contributed by atoms with van der Waals surface area (Å²) in [5.41, 5.74) is 0. The normalized spacial score (nSPS) is 12.9. The SMILES string of the molecule is CCCCCCCCCCCCC(C)OO. The van der Waals surface area contributed by atoms with Crippen LogP contribution in [-0.4, -0.2) is 11.4 Å². The van der Waals surface area contributed by atoms with Crippen molar-refractivity contribution in [2.45, 2.75) is 90.6 Å². The fraction of sp³-hybridized carbons (Fsp3) is 1.00. The quantitative estimate of drug-likeness (QED) is 0.284. The fourth-order valence-electron chi connectivity index (χ4n) is 1.97. The van der Waals surface area contributed by atoms with Gasteiger partial charge in [-0.3, -0.25) is 5.26 Å². The number of hydrogen-bond donors (Lipinski definition) is 1. The molecule has 0 aliphatic rings. The van der Waals surface area contributed by atoms with Crippen LogP contribution >= 0.6 is 0 Å². The average Bonchev–Trinajstić information content (AvgIpc) is 2.31. The first-order valence-corrected chi connectivity index (χ1v) is 7.11. The molecule has 0 heterocycles. The van der Waals surface area contributed by atoms with E-state index in [0.29, 0.717) is 0 Å². The van der Waals surface area contributed by atoms with E-state index in [4.69, 9.17) is 5.26 Å². The summed E-state index contributed by atoms with van der Waals surface area (Å²) in [4.78, 5) is 4.23. The first-order valence-electron chi connectivity index (χ1n) is 7.11. The highest BCUT2D eigenvalue weighted by Gasteiger charge is 1.99. The lowest BCUT2D eigenvalue weighted by Gasteiger charge is -2.06. The van der Waals surface area contributed by atoms with E-state index in [1.54, 1.807) is 0 Å². The maximum absolute atomic E-state index is 8.38. The average molecular weight is 230 g/mol. The summed E-state index contributed by atoms with van der Waals surface area (Å²) in [6, 6.07) is 0. The predicted molar refractivity (Wildman–Crippen MR) is 69.6 cm³/mol. The van der Waals surface area contributed by atoms with Gasteiger partial charge in [0.15, 0.2) is 0 Å². The van der Waals surface area contributed by atoms with Crippen molar-refractivity contribution >= 4 is 0 Å². The first-order chi connectivity index (χ1) is 7.81. The molecule has 0 aromatic heterocycles. The maximum atomic E-state index is 8.38. The van der Waals surface area contributed by atoms with Gasteiger partial charge in [-0.2, -0.15) is 0 Å². The van der Waals surface area contributed by atoms with Gasteiger partial charge in [-0.15, -0.1) is 0 Å². The van der Waals surface area contributed by atoms with Crippen LogP contribution in [0.5, 0.6) is 0 Å². The Labute approximate surface area is 101 Å². The zero-order valence-corrected chi connectivity index (χ0v) is 11.2. The third-order valence-electron chi connectivity index (χ3n) is 3.14. The van der Waals surface area contributed by atoms with Gasteiger partial charge in [0, 0.05) is 0 Å². The van der Waals surface area contributed by atoms with Gasteiger partial charge in [0.25, 0.3) is 0 Å². The van der Waals surface area contributed by atoms with Gasteiger partial charge in [-0.05, 0) is 13.3 Å². The second-order valence-electron chi connectivity index (χ2n) is 4.89. The Morgan fingerprint density at radius 1 is 0.812 bits per heavy atom. The van der Waals surface area contributed by atoms with Crippen molar-refractivity contribution in [2.24, 2.45) is 0 Å². The minimum absolute atomic E-state index is 0.00837. The summed E-state index contributed by atoms with van der Waals surface area (Å²) in [7, 11) is 0. The van der Waals surface area contributed by atoms with Crippen molar-refractivity contribution < 1.29 is 10.1 Å². The van der Waals surface area contributed by atoms with Crippen molar-refractivity contribution in [3.8, 4) is 0 Å². The van der Waals surface area contributed by atoms with Gasteiger partial charge in [0.2, 0.25) is 0 Å². The van der Waals surface area contributed by atoms with Gasteiger partial charge >= 0.3 is 0 Å². The van der Waals surface area contributed by atoms with Crippen LogP contribution in [-0.2, 0) is 4.89 Å². The highest BCUT2D eigenvalue weighted by Crippen LogP contribution is 2.12. The largest absolute Gasteiger partial charge is 0.252 e. The molecule has 0 rings (SSSR count). The lowest BCUT2D eigenvalue weighted by Crippen LogP contribution is -2.04. The molecule has 0 aliphatic carbocycles.